The molecule has 3 nitrogen and oxygen atoms in total. The quantitative estimate of drug-likeness (QED) is 0.768. The Morgan fingerprint density at radius 2 is 2.11 bits per heavy atom. The summed E-state index contributed by atoms with van der Waals surface area (Å²) in [7, 11) is 2.19. The molecule has 0 aromatic carbocycles. The lowest BCUT2D eigenvalue weighted by atomic mass is 9.95. The van der Waals surface area contributed by atoms with Gasteiger partial charge in [0.2, 0.25) is 0 Å². The number of amidine groups is 1. The standard InChI is InChI=1S/C15H25N3/c1-5-18(4)15-13-10(3)12(13)11-6-7-16-8-9(2)14(11)17-15/h9-10,12-13,16H,5-8H2,1-4H3/t9-,10?,12?,13?/m0/s1. The van der Waals surface area contributed by atoms with Gasteiger partial charge >= 0.3 is 0 Å². The van der Waals surface area contributed by atoms with Crippen molar-refractivity contribution in [3.8, 4) is 0 Å². The predicted molar refractivity (Wildman–Crippen MR) is 75.6 cm³/mol. The molecule has 0 bridgehead atoms. The first-order valence-corrected chi connectivity index (χ1v) is 7.38. The minimum Gasteiger partial charge on any atom is -0.363 e. The second-order valence-electron chi connectivity index (χ2n) is 6.16. The number of nitrogens with zero attached hydrogens (tertiary/aromatic N) is 2. The third kappa shape index (κ3) is 1.71. The van der Waals surface area contributed by atoms with Crippen molar-refractivity contribution in [2.45, 2.75) is 27.2 Å². The van der Waals surface area contributed by atoms with Gasteiger partial charge in [0.05, 0.1) is 0 Å². The largest absolute Gasteiger partial charge is 0.363 e. The van der Waals surface area contributed by atoms with Crippen molar-refractivity contribution in [3.05, 3.63) is 11.3 Å². The summed E-state index contributed by atoms with van der Waals surface area (Å²) < 4.78 is 0. The molecule has 0 aromatic rings. The summed E-state index contributed by atoms with van der Waals surface area (Å²) >= 11 is 0. The summed E-state index contributed by atoms with van der Waals surface area (Å²) in [4.78, 5) is 7.41. The van der Waals surface area contributed by atoms with Crippen LogP contribution in [0.1, 0.15) is 27.2 Å². The summed E-state index contributed by atoms with van der Waals surface area (Å²) in [6, 6.07) is 0. The number of hydrogen-bond donors (Lipinski definition) is 1. The van der Waals surface area contributed by atoms with E-state index >= 15 is 0 Å². The van der Waals surface area contributed by atoms with E-state index in [1.807, 2.05) is 0 Å². The van der Waals surface area contributed by atoms with Crippen molar-refractivity contribution in [2.24, 2.45) is 28.7 Å². The second kappa shape index (κ2) is 4.37. The van der Waals surface area contributed by atoms with Crippen LogP contribution in [-0.2, 0) is 0 Å². The van der Waals surface area contributed by atoms with Crippen molar-refractivity contribution < 1.29 is 0 Å². The van der Waals surface area contributed by atoms with E-state index in [9.17, 15) is 0 Å². The Labute approximate surface area is 110 Å². The van der Waals surface area contributed by atoms with Crippen LogP contribution >= 0.6 is 0 Å². The van der Waals surface area contributed by atoms with Crippen molar-refractivity contribution in [1.82, 2.24) is 10.2 Å². The van der Waals surface area contributed by atoms with E-state index in [2.05, 4.69) is 38.0 Å². The van der Waals surface area contributed by atoms with Crippen molar-refractivity contribution in [1.29, 1.82) is 0 Å². The summed E-state index contributed by atoms with van der Waals surface area (Å²) in [5.41, 5.74) is 3.07. The van der Waals surface area contributed by atoms with Gasteiger partial charge in [-0.1, -0.05) is 13.8 Å². The molecule has 3 unspecified atom stereocenters. The van der Waals surface area contributed by atoms with Crippen LogP contribution in [0.15, 0.2) is 16.3 Å². The van der Waals surface area contributed by atoms with E-state index in [-0.39, 0.29) is 0 Å². The number of hydrogen-bond acceptors (Lipinski definition) is 3. The highest BCUT2D eigenvalue weighted by Gasteiger charge is 2.55. The first-order chi connectivity index (χ1) is 8.65. The Morgan fingerprint density at radius 3 is 2.83 bits per heavy atom. The molecule has 3 aliphatic rings. The maximum atomic E-state index is 5.07. The first-order valence-electron chi connectivity index (χ1n) is 7.38. The minimum absolute atomic E-state index is 0.566. The molecule has 2 aliphatic heterocycles. The van der Waals surface area contributed by atoms with Crippen LogP contribution in [0, 0.1) is 23.7 Å². The molecule has 2 heterocycles. The van der Waals surface area contributed by atoms with E-state index in [0.29, 0.717) is 11.8 Å². The number of fused-ring (bicyclic) bond motifs is 2. The first kappa shape index (κ1) is 12.2. The molecule has 1 aliphatic carbocycles. The highest BCUT2D eigenvalue weighted by Crippen LogP contribution is 2.56. The molecule has 3 rings (SSSR count). The Balaban J connectivity index is 1.99. The van der Waals surface area contributed by atoms with Crippen LogP contribution in [0.4, 0.5) is 0 Å². The molecule has 0 aromatic heterocycles. The fraction of sp³-hybridized carbons (Fsp3) is 0.800. The highest BCUT2D eigenvalue weighted by molar-refractivity contribution is 5.90. The van der Waals surface area contributed by atoms with E-state index in [1.165, 1.54) is 18.0 Å². The van der Waals surface area contributed by atoms with Crippen LogP contribution in [0.5, 0.6) is 0 Å². The van der Waals surface area contributed by atoms with Crippen molar-refractivity contribution in [2.75, 3.05) is 26.7 Å². The maximum Gasteiger partial charge on any atom is 0.108 e. The van der Waals surface area contributed by atoms with E-state index < -0.39 is 0 Å². The van der Waals surface area contributed by atoms with Gasteiger partial charge in [-0.25, -0.2) is 4.99 Å². The summed E-state index contributed by atoms with van der Waals surface area (Å²) in [6.45, 7) is 10.2. The fourth-order valence-electron chi connectivity index (χ4n) is 3.69. The minimum atomic E-state index is 0.566. The van der Waals surface area contributed by atoms with Gasteiger partial charge in [0.15, 0.2) is 0 Å². The van der Waals surface area contributed by atoms with Crippen LogP contribution in [0.2, 0.25) is 0 Å². The second-order valence-corrected chi connectivity index (χ2v) is 6.16. The molecule has 0 spiro atoms. The zero-order chi connectivity index (χ0) is 12.9. The van der Waals surface area contributed by atoms with Gasteiger partial charge in [0, 0.05) is 37.7 Å². The Kier molecular flexibility index (Phi) is 2.97. The Bertz CT molecular complexity index is 410. The molecular formula is C15H25N3. The van der Waals surface area contributed by atoms with Crippen molar-refractivity contribution in [3.63, 3.8) is 0 Å². The lowest BCUT2D eigenvalue weighted by molar-refractivity contribution is 0.504. The lowest BCUT2D eigenvalue weighted by Crippen LogP contribution is -2.31. The molecule has 0 radical (unpaired) electrons. The average Bonchev–Trinajstić information content (AvgIpc) is 3.08. The topological polar surface area (TPSA) is 27.6 Å². The predicted octanol–water partition coefficient (Wildman–Crippen LogP) is 2.12. The van der Waals surface area contributed by atoms with Gasteiger partial charge in [-0.05, 0) is 37.3 Å². The van der Waals surface area contributed by atoms with E-state index in [4.69, 9.17) is 4.99 Å². The number of rotatable bonds is 1. The molecule has 0 amide bonds. The normalized spacial score (nSPS) is 38.6. The summed E-state index contributed by atoms with van der Waals surface area (Å²) in [5.74, 6) is 4.22. The highest BCUT2D eigenvalue weighted by atomic mass is 15.2. The van der Waals surface area contributed by atoms with Crippen molar-refractivity contribution >= 4 is 5.84 Å². The van der Waals surface area contributed by atoms with Gasteiger partial charge < -0.3 is 10.2 Å². The van der Waals surface area contributed by atoms with Gasteiger partial charge in [-0.3, -0.25) is 0 Å². The molecule has 3 heteroatoms. The smallest absolute Gasteiger partial charge is 0.108 e. The molecule has 1 N–H and O–H groups in total. The van der Waals surface area contributed by atoms with Gasteiger partial charge in [-0.2, -0.15) is 0 Å². The molecule has 0 saturated heterocycles. The summed E-state index contributed by atoms with van der Waals surface area (Å²) in [5, 5.41) is 3.54. The monoisotopic (exact) mass is 247 g/mol. The van der Waals surface area contributed by atoms with Crippen LogP contribution < -0.4 is 5.32 Å². The molecule has 1 saturated carbocycles. The molecule has 1 fully saturated rings. The van der Waals surface area contributed by atoms with E-state index in [1.54, 1.807) is 5.57 Å². The molecule has 18 heavy (non-hydrogen) atoms. The summed E-state index contributed by atoms with van der Waals surface area (Å²) in [6.07, 6.45) is 1.21. The third-order valence-corrected chi connectivity index (χ3v) is 5.00. The van der Waals surface area contributed by atoms with Gasteiger partial charge in [0.25, 0.3) is 0 Å². The van der Waals surface area contributed by atoms with Gasteiger partial charge in [-0.15, -0.1) is 0 Å². The Hall–Kier alpha value is -0.830. The zero-order valence-electron chi connectivity index (χ0n) is 12.0. The average molecular weight is 247 g/mol. The van der Waals surface area contributed by atoms with Crippen LogP contribution in [-0.4, -0.2) is 37.4 Å². The number of aliphatic imine (C=N–C) groups is 1. The SMILES string of the molecule is CCN(C)C1=NC2=C(CCNC[C@@H]2C)C2C(C)C12. The fourth-order valence-corrected chi connectivity index (χ4v) is 3.69. The molecule has 4 atom stereocenters. The molecule has 100 valence electrons. The van der Waals surface area contributed by atoms with Crippen LogP contribution in [0.25, 0.3) is 0 Å². The zero-order valence-corrected chi connectivity index (χ0v) is 12.0. The van der Waals surface area contributed by atoms with E-state index in [0.717, 1.165) is 31.5 Å². The molecular weight excluding hydrogens is 222 g/mol. The van der Waals surface area contributed by atoms with Crippen LogP contribution in [0.3, 0.4) is 0 Å². The van der Waals surface area contributed by atoms with Gasteiger partial charge in [0.1, 0.15) is 5.84 Å². The lowest BCUT2D eigenvalue weighted by Gasteiger charge is -2.26. The third-order valence-electron chi connectivity index (χ3n) is 5.00. The number of nitrogens with one attached hydrogen (secondary N) is 1. The Morgan fingerprint density at radius 1 is 1.33 bits per heavy atom. The maximum absolute atomic E-state index is 5.07.